The maximum absolute atomic E-state index is 6.27. The van der Waals surface area contributed by atoms with Crippen LogP contribution < -0.4 is 0 Å². The number of rotatable bonds is 4. The SMILES string of the molecule is C1=COC(C2(C3OC=CO3)CCSOC2(C2=COCO2)C2=COCO2)O1. The molecule has 1 fully saturated rings. The van der Waals surface area contributed by atoms with Gasteiger partial charge in [0.05, 0.1) is 0 Å². The Morgan fingerprint density at radius 2 is 1.35 bits per heavy atom. The largest absolute Gasteiger partial charge is 0.461 e. The lowest BCUT2D eigenvalue weighted by Gasteiger charge is -2.52. The summed E-state index contributed by atoms with van der Waals surface area (Å²) in [5.74, 6) is 1.45. The Morgan fingerprint density at radius 1 is 0.808 bits per heavy atom. The molecular weight excluding hydrogens is 368 g/mol. The molecule has 0 spiro atoms. The molecule has 9 nitrogen and oxygen atoms in total. The maximum atomic E-state index is 6.27. The van der Waals surface area contributed by atoms with Crippen molar-refractivity contribution in [3.8, 4) is 0 Å². The van der Waals surface area contributed by atoms with Crippen molar-refractivity contribution in [2.75, 3.05) is 19.3 Å². The molecule has 0 aliphatic carbocycles. The molecule has 0 bridgehead atoms. The highest BCUT2D eigenvalue weighted by atomic mass is 32.2. The molecule has 0 aromatic carbocycles. The highest BCUT2D eigenvalue weighted by Crippen LogP contribution is 2.61. The highest BCUT2D eigenvalue weighted by molar-refractivity contribution is 7.94. The van der Waals surface area contributed by atoms with Crippen molar-refractivity contribution in [1.29, 1.82) is 0 Å². The molecule has 10 heteroatoms. The standard InChI is InChI=1S/C16H16O9S/c1-6-26-25-16(11-7-17-9-23-11,12-8-18-10-24-12)15(1,13-19-2-3-20-13)14-21-4-5-22-14/h2-5,7-8,13-14H,1,6,9-10H2. The van der Waals surface area contributed by atoms with Gasteiger partial charge in [0.1, 0.15) is 37.6 Å². The second-order valence-corrected chi connectivity index (χ2v) is 6.76. The van der Waals surface area contributed by atoms with Gasteiger partial charge in [-0.25, -0.2) is 0 Å². The Balaban J connectivity index is 1.70. The van der Waals surface area contributed by atoms with E-state index >= 15 is 0 Å². The smallest absolute Gasteiger partial charge is 0.256 e. The van der Waals surface area contributed by atoms with E-state index in [0.29, 0.717) is 23.7 Å². The van der Waals surface area contributed by atoms with Crippen molar-refractivity contribution in [3.63, 3.8) is 0 Å². The van der Waals surface area contributed by atoms with E-state index < -0.39 is 23.6 Å². The van der Waals surface area contributed by atoms with Crippen LogP contribution in [0.3, 0.4) is 0 Å². The zero-order valence-corrected chi connectivity index (χ0v) is 14.3. The van der Waals surface area contributed by atoms with E-state index in [1.165, 1.54) is 49.6 Å². The van der Waals surface area contributed by atoms with Gasteiger partial charge in [0.15, 0.2) is 16.9 Å². The van der Waals surface area contributed by atoms with Crippen molar-refractivity contribution in [1.82, 2.24) is 0 Å². The molecule has 0 aromatic rings. The Bertz CT molecular complexity index is 623. The monoisotopic (exact) mass is 384 g/mol. The van der Waals surface area contributed by atoms with Gasteiger partial charge in [-0.2, -0.15) is 0 Å². The Morgan fingerprint density at radius 3 is 1.81 bits per heavy atom. The molecule has 0 aromatic heterocycles. The lowest BCUT2D eigenvalue weighted by Crippen LogP contribution is -2.66. The van der Waals surface area contributed by atoms with Gasteiger partial charge in [-0.1, -0.05) is 0 Å². The second-order valence-electron chi connectivity index (χ2n) is 5.95. The zero-order chi connectivity index (χ0) is 17.5. The van der Waals surface area contributed by atoms with Gasteiger partial charge in [-0.3, -0.25) is 4.18 Å². The molecule has 0 N–H and O–H groups in total. The third-order valence-electron chi connectivity index (χ3n) is 4.84. The average molecular weight is 384 g/mol. The Labute approximate surface area is 153 Å². The van der Waals surface area contributed by atoms with Gasteiger partial charge in [-0.15, -0.1) is 0 Å². The van der Waals surface area contributed by atoms with E-state index in [0.717, 1.165) is 0 Å². The summed E-state index contributed by atoms with van der Waals surface area (Å²) in [7, 11) is 0. The Kier molecular flexibility index (Phi) is 3.75. The fourth-order valence-corrected chi connectivity index (χ4v) is 4.75. The Hall–Kier alpha value is -2.33. The molecule has 0 saturated carbocycles. The summed E-state index contributed by atoms with van der Waals surface area (Å²) in [6, 6.07) is 0. The van der Waals surface area contributed by atoms with Crippen LogP contribution in [0.1, 0.15) is 6.42 Å². The first-order valence-corrected chi connectivity index (χ1v) is 8.92. The van der Waals surface area contributed by atoms with E-state index in [9.17, 15) is 0 Å². The summed E-state index contributed by atoms with van der Waals surface area (Å²) in [5, 5.41) is 0. The summed E-state index contributed by atoms with van der Waals surface area (Å²) in [4.78, 5) is 0. The number of hydrogen-bond acceptors (Lipinski definition) is 10. The molecule has 5 aliphatic heterocycles. The van der Waals surface area contributed by atoms with Crippen LogP contribution in [0, 0.1) is 5.41 Å². The van der Waals surface area contributed by atoms with Gasteiger partial charge in [0.2, 0.25) is 19.2 Å². The fourth-order valence-electron chi connectivity index (χ4n) is 3.75. The van der Waals surface area contributed by atoms with Crippen molar-refractivity contribution in [2.24, 2.45) is 5.41 Å². The minimum atomic E-state index is -1.31. The van der Waals surface area contributed by atoms with E-state index in [2.05, 4.69) is 0 Å². The summed E-state index contributed by atoms with van der Waals surface area (Å²) in [6.07, 6.45) is 7.89. The third kappa shape index (κ3) is 2.02. The zero-order valence-electron chi connectivity index (χ0n) is 13.5. The lowest BCUT2D eigenvalue weighted by atomic mass is 9.66. The third-order valence-corrected chi connectivity index (χ3v) is 5.58. The number of ether oxygens (including phenoxy) is 8. The van der Waals surface area contributed by atoms with Crippen molar-refractivity contribution < 1.29 is 42.1 Å². The van der Waals surface area contributed by atoms with Crippen molar-refractivity contribution in [2.45, 2.75) is 24.6 Å². The second kappa shape index (κ2) is 6.13. The van der Waals surface area contributed by atoms with E-state index in [1.807, 2.05) is 0 Å². The van der Waals surface area contributed by atoms with Gasteiger partial charge in [0.25, 0.3) is 12.6 Å². The van der Waals surface area contributed by atoms with Crippen LogP contribution in [0.25, 0.3) is 0 Å². The molecule has 5 heterocycles. The van der Waals surface area contributed by atoms with Crippen molar-refractivity contribution in [3.05, 3.63) is 49.1 Å². The van der Waals surface area contributed by atoms with Gasteiger partial charge in [0, 0.05) is 5.75 Å². The van der Waals surface area contributed by atoms with Crippen LogP contribution in [-0.2, 0) is 42.1 Å². The first-order valence-electron chi connectivity index (χ1n) is 8.00. The minimum absolute atomic E-state index is 0.0601. The van der Waals surface area contributed by atoms with Crippen LogP contribution in [-0.4, -0.2) is 37.5 Å². The molecule has 5 aliphatic rings. The molecule has 5 rings (SSSR count). The van der Waals surface area contributed by atoms with Crippen LogP contribution >= 0.6 is 12.0 Å². The molecule has 0 atom stereocenters. The topological polar surface area (TPSA) is 83.1 Å². The van der Waals surface area contributed by atoms with E-state index in [-0.39, 0.29) is 13.6 Å². The molecular formula is C16H16O9S. The quantitative estimate of drug-likeness (QED) is 0.672. The van der Waals surface area contributed by atoms with Crippen LogP contribution in [0.4, 0.5) is 0 Å². The number of hydrogen-bond donors (Lipinski definition) is 0. The van der Waals surface area contributed by atoms with Gasteiger partial charge < -0.3 is 37.9 Å². The normalized spacial score (nSPS) is 28.5. The van der Waals surface area contributed by atoms with Crippen LogP contribution in [0.15, 0.2) is 49.1 Å². The molecule has 140 valence electrons. The molecule has 0 unspecified atom stereocenters. The molecule has 26 heavy (non-hydrogen) atoms. The lowest BCUT2D eigenvalue weighted by molar-refractivity contribution is -0.277. The van der Waals surface area contributed by atoms with Crippen LogP contribution in [0.5, 0.6) is 0 Å². The van der Waals surface area contributed by atoms with Crippen LogP contribution in [0.2, 0.25) is 0 Å². The van der Waals surface area contributed by atoms with E-state index in [4.69, 9.17) is 42.1 Å². The highest BCUT2D eigenvalue weighted by Gasteiger charge is 2.74. The predicted octanol–water partition coefficient (Wildman–Crippen LogP) is 2.16. The van der Waals surface area contributed by atoms with Crippen molar-refractivity contribution >= 4 is 12.0 Å². The molecule has 1 saturated heterocycles. The summed E-state index contributed by atoms with van der Waals surface area (Å²) in [5.41, 5.74) is -2.33. The first-order chi connectivity index (χ1) is 12.9. The first kappa shape index (κ1) is 15.9. The fraction of sp³-hybridized carbons (Fsp3) is 0.500. The van der Waals surface area contributed by atoms with E-state index in [1.54, 1.807) is 0 Å². The molecule has 0 radical (unpaired) electrons. The maximum Gasteiger partial charge on any atom is 0.256 e. The molecule has 0 amide bonds. The van der Waals surface area contributed by atoms with Gasteiger partial charge in [-0.05, 0) is 18.5 Å². The summed E-state index contributed by atoms with van der Waals surface area (Å²) >= 11 is 1.28. The predicted molar refractivity (Wildman–Crippen MR) is 83.8 cm³/mol. The minimum Gasteiger partial charge on any atom is -0.461 e. The van der Waals surface area contributed by atoms with Gasteiger partial charge >= 0.3 is 0 Å². The average Bonchev–Trinajstić information content (AvgIpc) is 3.50. The summed E-state index contributed by atoms with van der Waals surface area (Å²) in [6.45, 7) is 0.120. The summed E-state index contributed by atoms with van der Waals surface area (Å²) < 4.78 is 51.4.